The summed E-state index contributed by atoms with van der Waals surface area (Å²) in [6.07, 6.45) is 1.62. The van der Waals surface area contributed by atoms with Gasteiger partial charge in [-0.2, -0.15) is 4.98 Å². The fraction of sp³-hybridized carbons (Fsp3) is 0.118. The molecule has 3 rings (SSSR count). The second-order valence-electron chi connectivity index (χ2n) is 4.80. The molecule has 0 fully saturated rings. The number of aromatic nitrogens is 2. The average molecular weight is 388 g/mol. The maximum atomic E-state index is 5.18. The van der Waals surface area contributed by atoms with E-state index in [9.17, 15) is 0 Å². The second-order valence-corrected chi connectivity index (χ2v) is 5.72. The van der Waals surface area contributed by atoms with Crippen LogP contribution in [0.15, 0.2) is 62.7 Å². The normalized spacial score (nSPS) is 10.9. The van der Waals surface area contributed by atoms with Gasteiger partial charge in [0.1, 0.15) is 5.75 Å². The Hall–Kier alpha value is -2.67. The largest absolute Gasteiger partial charge is 0.497 e. The number of nitrogens with zero attached hydrogens (tertiary/aromatic N) is 3. The van der Waals surface area contributed by atoms with Crippen molar-refractivity contribution >= 4 is 22.1 Å². The zero-order valence-corrected chi connectivity index (χ0v) is 14.4. The van der Waals surface area contributed by atoms with Crippen molar-refractivity contribution in [1.82, 2.24) is 10.1 Å². The standard InChI is InChI=1S/C17H14BrN3O3/c1-22-15-8-4-13(5-9-15)17-20-16(24-21-17)11-23-19-10-12-2-6-14(18)7-3-12/h2-10H,11H2,1H3/b19-10-. The molecule has 7 heteroatoms. The van der Waals surface area contributed by atoms with E-state index in [2.05, 4.69) is 31.2 Å². The van der Waals surface area contributed by atoms with Gasteiger partial charge in [-0.15, -0.1) is 0 Å². The van der Waals surface area contributed by atoms with Crippen molar-refractivity contribution in [3.63, 3.8) is 0 Å². The van der Waals surface area contributed by atoms with Gasteiger partial charge in [0.05, 0.1) is 13.3 Å². The Morgan fingerprint density at radius 2 is 1.88 bits per heavy atom. The predicted octanol–water partition coefficient (Wildman–Crippen LogP) is 4.06. The minimum Gasteiger partial charge on any atom is -0.497 e. The fourth-order valence-corrected chi connectivity index (χ4v) is 2.17. The zero-order chi connectivity index (χ0) is 16.8. The van der Waals surface area contributed by atoms with Gasteiger partial charge in [-0.3, -0.25) is 0 Å². The summed E-state index contributed by atoms with van der Waals surface area (Å²) in [7, 11) is 1.62. The number of ether oxygens (including phenoxy) is 1. The molecule has 0 spiro atoms. The molecule has 0 N–H and O–H groups in total. The highest BCUT2D eigenvalue weighted by molar-refractivity contribution is 9.10. The van der Waals surface area contributed by atoms with Crippen molar-refractivity contribution in [2.45, 2.75) is 6.61 Å². The lowest BCUT2D eigenvalue weighted by Crippen LogP contribution is -1.89. The molecule has 0 saturated heterocycles. The molecule has 6 nitrogen and oxygen atoms in total. The molecule has 1 aromatic heterocycles. The van der Waals surface area contributed by atoms with Crippen LogP contribution < -0.4 is 4.74 Å². The first-order valence-electron chi connectivity index (χ1n) is 7.12. The first-order valence-corrected chi connectivity index (χ1v) is 7.92. The summed E-state index contributed by atoms with van der Waals surface area (Å²) in [5, 5.41) is 7.81. The zero-order valence-electron chi connectivity index (χ0n) is 12.8. The highest BCUT2D eigenvalue weighted by Crippen LogP contribution is 2.19. The van der Waals surface area contributed by atoms with Gasteiger partial charge in [-0.25, -0.2) is 0 Å². The van der Waals surface area contributed by atoms with Gasteiger partial charge in [0, 0.05) is 10.0 Å². The molecule has 24 heavy (non-hydrogen) atoms. The van der Waals surface area contributed by atoms with Crippen LogP contribution >= 0.6 is 15.9 Å². The molecule has 0 atom stereocenters. The van der Waals surface area contributed by atoms with Crippen LogP contribution in [0.3, 0.4) is 0 Å². The van der Waals surface area contributed by atoms with Gasteiger partial charge in [0.2, 0.25) is 5.82 Å². The van der Waals surface area contributed by atoms with E-state index in [-0.39, 0.29) is 6.61 Å². The van der Waals surface area contributed by atoms with E-state index < -0.39 is 0 Å². The minimum absolute atomic E-state index is 0.107. The van der Waals surface area contributed by atoms with E-state index in [1.54, 1.807) is 13.3 Å². The van der Waals surface area contributed by atoms with Gasteiger partial charge in [-0.05, 0) is 42.0 Å². The third kappa shape index (κ3) is 4.20. The van der Waals surface area contributed by atoms with Crippen LogP contribution in [0.2, 0.25) is 0 Å². The molecule has 0 bridgehead atoms. The van der Waals surface area contributed by atoms with Gasteiger partial charge < -0.3 is 14.1 Å². The van der Waals surface area contributed by atoms with Gasteiger partial charge in [-0.1, -0.05) is 38.4 Å². The van der Waals surface area contributed by atoms with E-state index in [0.29, 0.717) is 11.7 Å². The van der Waals surface area contributed by atoms with E-state index in [1.807, 2.05) is 48.5 Å². The Labute approximate surface area is 147 Å². The second kappa shape index (κ2) is 7.74. The minimum atomic E-state index is 0.107. The highest BCUT2D eigenvalue weighted by atomic mass is 79.9. The van der Waals surface area contributed by atoms with Gasteiger partial charge >= 0.3 is 0 Å². The van der Waals surface area contributed by atoms with Crippen LogP contribution in [0.4, 0.5) is 0 Å². The lowest BCUT2D eigenvalue weighted by molar-refractivity contribution is 0.107. The third-order valence-corrected chi connectivity index (χ3v) is 3.68. The molecule has 0 unspecified atom stereocenters. The van der Waals surface area contributed by atoms with Crippen LogP contribution in [-0.4, -0.2) is 23.5 Å². The van der Waals surface area contributed by atoms with Crippen molar-refractivity contribution in [3.8, 4) is 17.1 Å². The average Bonchev–Trinajstić information content (AvgIpc) is 3.09. The number of methoxy groups -OCH3 is 1. The molecule has 0 amide bonds. The number of rotatable bonds is 6. The molecular weight excluding hydrogens is 374 g/mol. The van der Waals surface area contributed by atoms with E-state index in [1.165, 1.54) is 0 Å². The lowest BCUT2D eigenvalue weighted by atomic mass is 10.2. The SMILES string of the molecule is COc1ccc(-c2noc(CO/N=C\c3ccc(Br)cc3)n2)cc1. The van der Waals surface area contributed by atoms with Crippen LogP contribution in [0, 0.1) is 0 Å². The van der Waals surface area contributed by atoms with Crippen molar-refractivity contribution in [3.05, 3.63) is 64.5 Å². The van der Waals surface area contributed by atoms with Crippen molar-refractivity contribution in [2.75, 3.05) is 7.11 Å². The topological polar surface area (TPSA) is 69.7 Å². The summed E-state index contributed by atoms with van der Waals surface area (Å²) in [6, 6.07) is 15.1. The number of halogens is 1. The summed E-state index contributed by atoms with van der Waals surface area (Å²) in [5.41, 5.74) is 1.77. The maximum Gasteiger partial charge on any atom is 0.267 e. The molecule has 2 aromatic carbocycles. The Morgan fingerprint density at radius 1 is 1.12 bits per heavy atom. The third-order valence-electron chi connectivity index (χ3n) is 3.15. The van der Waals surface area contributed by atoms with Crippen LogP contribution in [-0.2, 0) is 11.4 Å². The fourth-order valence-electron chi connectivity index (χ4n) is 1.91. The number of hydrogen-bond acceptors (Lipinski definition) is 6. The van der Waals surface area contributed by atoms with Crippen LogP contribution in [0.25, 0.3) is 11.4 Å². The summed E-state index contributed by atoms with van der Waals surface area (Å²) in [5.74, 6) is 1.62. The molecule has 0 radical (unpaired) electrons. The molecule has 3 aromatic rings. The Kier molecular flexibility index (Phi) is 5.22. The van der Waals surface area contributed by atoms with Crippen LogP contribution in [0.5, 0.6) is 5.75 Å². The Balaban J connectivity index is 1.56. The first kappa shape index (κ1) is 16.2. The number of oxime groups is 1. The van der Waals surface area contributed by atoms with E-state index >= 15 is 0 Å². The Morgan fingerprint density at radius 3 is 2.58 bits per heavy atom. The Bertz CT molecular complexity index is 814. The molecule has 0 aliphatic rings. The van der Waals surface area contributed by atoms with E-state index in [0.717, 1.165) is 21.3 Å². The van der Waals surface area contributed by atoms with Crippen molar-refractivity contribution < 1.29 is 14.1 Å². The maximum absolute atomic E-state index is 5.18. The molecule has 0 aliphatic carbocycles. The predicted molar refractivity (Wildman–Crippen MR) is 92.8 cm³/mol. The summed E-state index contributed by atoms with van der Waals surface area (Å²) < 4.78 is 11.3. The first-order chi connectivity index (χ1) is 11.7. The number of benzene rings is 2. The smallest absolute Gasteiger partial charge is 0.267 e. The van der Waals surface area contributed by atoms with Crippen molar-refractivity contribution in [1.29, 1.82) is 0 Å². The molecular formula is C17H14BrN3O3. The summed E-state index contributed by atoms with van der Waals surface area (Å²) in [6.45, 7) is 0.107. The highest BCUT2D eigenvalue weighted by Gasteiger charge is 2.09. The molecule has 122 valence electrons. The van der Waals surface area contributed by atoms with Gasteiger partial charge in [0.25, 0.3) is 5.89 Å². The summed E-state index contributed by atoms with van der Waals surface area (Å²) >= 11 is 3.38. The van der Waals surface area contributed by atoms with E-state index in [4.69, 9.17) is 14.1 Å². The van der Waals surface area contributed by atoms with Gasteiger partial charge in [0.15, 0.2) is 6.61 Å². The lowest BCUT2D eigenvalue weighted by Gasteiger charge is -1.98. The number of hydrogen-bond donors (Lipinski definition) is 0. The summed E-state index contributed by atoms with van der Waals surface area (Å²) in [4.78, 5) is 9.45. The monoisotopic (exact) mass is 387 g/mol. The quantitative estimate of drug-likeness (QED) is 0.471. The van der Waals surface area contributed by atoms with Crippen molar-refractivity contribution in [2.24, 2.45) is 5.16 Å². The molecule has 0 aliphatic heterocycles. The molecule has 1 heterocycles. The molecule has 0 saturated carbocycles. The van der Waals surface area contributed by atoms with Crippen LogP contribution in [0.1, 0.15) is 11.5 Å².